The van der Waals surface area contributed by atoms with E-state index < -0.39 is 4.92 Å². The molecule has 0 aliphatic heterocycles. The van der Waals surface area contributed by atoms with Crippen molar-refractivity contribution < 1.29 is 9.66 Å². The normalized spacial score (nSPS) is 15.2. The first-order valence-corrected chi connectivity index (χ1v) is 5.39. The quantitative estimate of drug-likeness (QED) is 0.580. The van der Waals surface area contributed by atoms with E-state index in [1.165, 1.54) is 0 Å². The van der Waals surface area contributed by atoms with Crippen molar-refractivity contribution in [3.63, 3.8) is 0 Å². The van der Waals surface area contributed by atoms with Crippen molar-refractivity contribution in [2.45, 2.75) is 38.7 Å². The Kier molecular flexibility index (Phi) is 2.77. The average molecular weight is 222 g/mol. The molecule has 0 bridgehead atoms. The zero-order valence-electron chi connectivity index (χ0n) is 9.34. The van der Waals surface area contributed by atoms with Gasteiger partial charge in [0, 0.05) is 5.56 Å². The van der Waals surface area contributed by atoms with Crippen molar-refractivity contribution in [1.29, 1.82) is 0 Å². The summed E-state index contributed by atoms with van der Waals surface area (Å²) < 4.78 is 5.50. The standard InChI is InChI=1S/C11H14N2O3/c1-7(2)8-5-10(16-9-3-4-9)11(12-6-8)13(14)15/h5-7,9H,3-4H2,1-2H3. The van der Waals surface area contributed by atoms with E-state index in [4.69, 9.17) is 4.74 Å². The first-order chi connectivity index (χ1) is 7.58. The van der Waals surface area contributed by atoms with Crippen LogP contribution in [0.2, 0.25) is 0 Å². The largest absolute Gasteiger partial charge is 0.482 e. The molecule has 0 radical (unpaired) electrons. The third-order valence-corrected chi connectivity index (χ3v) is 2.51. The second kappa shape index (κ2) is 4.08. The molecule has 5 heteroatoms. The van der Waals surface area contributed by atoms with Gasteiger partial charge in [-0.25, -0.2) is 0 Å². The summed E-state index contributed by atoms with van der Waals surface area (Å²) in [5.74, 6) is 0.407. The van der Waals surface area contributed by atoms with E-state index in [0.29, 0.717) is 5.75 Å². The second-order valence-electron chi connectivity index (χ2n) is 4.32. The lowest BCUT2D eigenvalue weighted by atomic mass is 10.1. The van der Waals surface area contributed by atoms with Crippen LogP contribution in [0.5, 0.6) is 5.75 Å². The minimum absolute atomic E-state index is 0.142. The van der Waals surface area contributed by atoms with Crippen LogP contribution in [-0.4, -0.2) is 16.0 Å². The summed E-state index contributed by atoms with van der Waals surface area (Å²) in [4.78, 5) is 14.1. The maximum absolute atomic E-state index is 10.8. The number of rotatable bonds is 4. The van der Waals surface area contributed by atoms with E-state index in [1.807, 2.05) is 13.8 Å². The minimum Gasteiger partial charge on any atom is -0.482 e. The molecule has 16 heavy (non-hydrogen) atoms. The number of ether oxygens (including phenoxy) is 1. The van der Waals surface area contributed by atoms with Gasteiger partial charge in [0.25, 0.3) is 0 Å². The van der Waals surface area contributed by atoms with Gasteiger partial charge in [-0.1, -0.05) is 13.8 Å². The molecular formula is C11H14N2O3. The highest BCUT2D eigenvalue weighted by Gasteiger charge is 2.28. The Hall–Kier alpha value is -1.65. The summed E-state index contributed by atoms with van der Waals surface area (Å²) >= 11 is 0. The SMILES string of the molecule is CC(C)c1cnc([N+](=O)[O-])c(OC2CC2)c1. The Bertz CT molecular complexity index is 414. The Morgan fingerprint density at radius 3 is 2.75 bits per heavy atom. The molecule has 0 N–H and O–H groups in total. The lowest BCUT2D eigenvalue weighted by Crippen LogP contribution is -2.03. The molecule has 0 aromatic carbocycles. The number of aromatic nitrogens is 1. The Balaban J connectivity index is 2.33. The van der Waals surface area contributed by atoms with E-state index in [9.17, 15) is 10.1 Å². The van der Waals surface area contributed by atoms with Crippen molar-refractivity contribution in [1.82, 2.24) is 4.98 Å². The van der Waals surface area contributed by atoms with Gasteiger partial charge in [-0.05, 0) is 34.7 Å². The topological polar surface area (TPSA) is 65.3 Å². The molecule has 86 valence electrons. The molecule has 0 amide bonds. The van der Waals surface area contributed by atoms with Crippen LogP contribution in [0.15, 0.2) is 12.3 Å². The van der Waals surface area contributed by atoms with Crippen LogP contribution < -0.4 is 4.74 Å². The van der Waals surface area contributed by atoms with E-state index in [2.05, 4.69) is 4.98 Å². The smallest absolute Gasteiger partial charge is 0.406 e. The lowest BCUT2D eigenvalue weighted by Gasteiger charge is -2.08. The van der Waals surface area contributed by atoms with E-state index in [0.717, 1.165) is 18.4 Å². The van der Waals surface area contributed by atoms with E-state index in [-0.39, 0.29) is 17.8 Å². The van der Waals surface area contributed by atoms with E-state index in [1.54, 1.807) is 12.3 Å². The molecule has 1 aliphatic rings. The van der Waals surface area contributed by atoms with Gasteiger partial charge in [0.15, 0.2) is 0 Å². The van der Waals surface area contributed by atoms with Crippen LogP contribution in [0.4, 0.5) is 5.82 Å². The van der Waals surface area contributed by atoms with Gasteiger partial charge < -0.3 is 14.9 Å². The predicted octanol–water partition coefficient (Wildman–Crippen LogP) is 2.65. The fraction of sp³-hybridized carbons (Fsp3) is 0.545. The Labute approximate surface area is 93.6 Å². The van der Waals surface area contributed by atoms with E-state index >= 15 is 0 Å². The monoisotopic (exact) mass is 222 g/mol. The van der Waals surface area contributed by atoms with Crippen LogP contribution in [0, 0.1) is 10.1 Å². The highest BCUT2D eigenvalue weighted by atomic mass is 16.6. The molecule has 1 fully saturated rings. The highest BCUT2D eigenvalue weighted by molar-refractivity contribution is 5.42. The summed E-state index contributed by atoms with van der Waals surface area (Å²) in [6.07, 6.45) is 3.64. The molecule has 5 nitrogen and oxygen atoms in total. The maximum atomic E-state index is 10.8. The Morgan fingerprint density at radius 2 is 2.25 bits per heavy atom. The first-order valence-electron chi connectivity index (χ1n) is 5.39. The molecule has 0 spiro atoms. The minimum atomic E-state index is -0.498. The average Bonchev–Trinajstić information content (AvgIpc) is 3.01. The molecule has 1 aromatic rings. The molecule has 0 unspecified atom stereocenters. The number of hydrogen-bond donors (Lipinski definition) is 0. The molecule has 1 saturated carbocycles. The van der Waals surface area contributed by atoms with Crippen molar-refractivity contribution in [3.05, 3.63) is 27.9 Å². The fourth-order valence-electron chi connectivity index (χ4n) is 1.36. The van der Waals surface area contributed by atoms with Gasteiger partial charge in [-0.2, -0.15) is 0 Å². The molecule has 0 atom stereocenters. The molecule has 0 saturated heterocycles. The maximum Gasteiger partial charge on any atom is 0.406 e. The number of nitrogens with zero attached hydrogens (tertiary/aromatic N) is 2. The zero-order valence-corrected chi connectivity index (χ0v) is 9.34. The van der Waals surface area contributed by atoms with Crippen LogP contribution in [0.3, 0.4) is 0 Å². The van der Waals surface area contributed by atoms with Gasteiger partial charge in [-0.15, -0.1) is 0 Å². The second-order valence-corrected chi connectivity index (χ2v) is 4.32. The van der Waals surface area contributed by atoms with Crippen LogP contribution >= 0.6 is 0 Å². The lowest BCUT2D eigenvalue weighted by molar-refractivity contribution is -0.390. The fourth-order valence-corrected chi connectivity index (χ4v) is 1.36. The van der Waals surface area contributed by atoms with Crippen LogP contribution in [0.25, 0.3) is 0 Å². The third kappa shape index (κ3) is 2.29. The summed E-state index contributed by atoms with van der Waals surface area (Å²) in [5, 5.41) is 10.8. The van der Waals surface area contributed by atoms with Gasteiger partial charge in [0.1, 0.15) is 6.20 Å². The van der Waals surface area contributed by atoms with Gasteiger partial charge in [0.2, 0.25) is 5.75 Å². The van der Waals surface area contributed by atoms with Gasteiger partial charge >= 0.3 is 5.82 Å². The van der Waals surface area contributed by atoms with Crippen molar-refractivity contribution >= 4 is 5.82 Å². The molecule has 1 heterocycles. The molecule has 1 aliphatic carbocycles. The van der Waals surface area contributed by atoms with Gasteiger partial charge in [-0.3, -0.25) is 0 Å². The van der Waals surface area contributed by atoms with Crippen molar-refractivity contribution in [3.8, 4) is 5.75 Å². The molecular weight excluding hydrogens is 208 g/mol. The number of hydrogen-bond acceptors (Lipinski definition) is 4. The first kappa shape index (κ1) is 10.9. The summed E-state index contributed by atoms with van der Waals surface area (Å²) in [6, 6.07) is 1.73. The van der Waals surface area contributed by atoms with Crippen LogP contribution in [-0.2, 0) is 0 Å². The highest BCUT2D eigenvalue weighted by Crippen LogP contribution is 2.33. The number of nitro groups is 1. The zero-order chi connectivity index (χ0) is 11.7. The van der Waals surface area contributed by atoms with Crippen molar-refractivity contribution in [2.75, 3.05) is 0 Å². The summed E-state index contributed by atoms with van der Waals surface area (Å²) in [6.45, 7) is 4.04. The van der Waals surface area contributed by atoms with Gasteiger partial charge in [0.05, 0.1) is 6.10 Å². The number of pyridine rings is 1. The van der Waals surface area contributed by atoms with Crippen LogP contribution in [0.1, 0.15) is 38.2 Å². The Morgan fingerprint density at radius 1 is 1.56 bits per heavy atom. The third-order valence-electron chi connectivity index (χ3n) is 2.51. The van der Waals surface area contributed by atoms with Crippen molar-refractivity contribution in [2.24, 2.45) is 0 Å². The molecule has 2 rings (SSSR count). The molecule has 1 aromatic heterocycles. The predicted molar refractivity (Wildman–Crippen MR) is 58.6 cm³/mol. The summed E-state index contributed by atoms with van der Waals surface area (Å²) in [7, 11) is 0. The summed E-state index contributed by atoms with van der Waals surface area (Å²) in [5.41, 5.74) is 0.959.